The zero-order chi connectivity index (χ0) is 17.3. The highest BCUT2D eigenvalue weighted by atomic mass is 16.5. The fourth-order valence-corrected chi connectivity index (χ4v) is 2.62. The maximum atomic E-state index is 12.4. The minimum atomic E-state index is -0.346. The number of fused-ring (bicyclic) bond motifs is 1. The van der Waals surface area contributed by atoms with E-state index in [1.54, 1.807) is 24.3 Å². The molecule has 2 aromatic carbocycles. The standard InChI is InChI=1S/C18H16O6/c1-21-14-8-7-10(17(22-2)18(14)23-3)15-9-12(20)16-11(19)5-4-6-13(16)24-15/h4-9,19H,1-3H3. The lowest BCUT2D eigenvalue weighted by molar-refractivity contribution is 0.325. The van der Waals surface area contributed by atoms with E-state index in [2.05, 4.69) is 0 Å². The van der Waals surface area contributed by atoms with Crippen molar-refractivity contribution in [2.45, 2.75) is 0 Å². The van der Waals surface area contributed by atoms with Crippen LogP contribution in [0.3, 0.4) is 0 Å². The summed E-state index contributed by atoms with van der Waals surface area (Å²) in [6.45, 7) is 0. The smallest absolute Gasteiger partial charge is 0.204 e. The molecule has 0 aliphatic rings. The zero-order valence-electron chi connectivity index (χ0n) is 13.5. The molecule has 24 heavy (non-hydrogen) atoms. The van der Waals surface area contributed by atoms with Gasteiger partial charge in [0.05, 0.1) is 26.9 Å². The molecule has 0 fully saturated rings. The van der Waals surface area contributed by atoms with Gasteiger partial charge in [0, 0.05) is 6.07 Å². The van der Waals surface area contributed by atoms with E-state index in [0.717, 1.165) is 0 Å². The first-order valence-electron chi connectivity index (χ1n) is 7.16. The molecule has 0 saturated carbocycles. The molecule has 0 spiro atoms. The van der Waals surface area contributed by atoms with Crippen molar-refractivity contribution in [3.63, 3.8) is 0 Å². The number of benzene rings is 2. The van der Waals surface area contributed by atoms with Crippen LogP contribution in [0, 0.1) is 0 Å². The summed E-state index contributed by atoms with van der Waals surface area (Å²) >= 11 is 0. The third-order valence-corrected chi connectivity index (χ3v) is 3.70. The van der Waals surface area contributed by atoms with Crippen LogP contribution in [0.25, 0.3) is 22.3 Å². The van der Waals surface area contributed by atoms with Crippen LogP contribution >= 0.6 is 0 Å². The van der Waals surface area contributed by atoms with Gasteiger partial charge in [-0.2, -0.15) is 0 Å². The Hall–Kier alpha value is -3.15. The molecule has 1 N–H and O–H groups in total. The Morgan fingerprint density at radius 2 is 1.71 bits per heavy atom. The minimum Gasteiger partial charge on any atom is -0.507 e. The second kappa shape index (κ2) is 6.16. The van der Waals surface area contributed by atoms with Crippen LogP contribution in [0.2, 0.25) is 0 Å². The number of aromatic hydroxyl groups is 1. The highest BCUT2D eigenvalue weighted by molar-refractivity contribution is 5.85. The lowest BCUT2D eigenvalue weighted by Crippen LogP contribution is -2.02. The molecule has 0 unspecified atom stereocenters. The van der Waals surface area contributed by atoms with E-state index in [4.69, 9.17) is 18.6 Å². The maximum absolute atomic E-state index is 12.4. The Labute approximate surface area is 137 Å². The van der Waals surface area contributed by atoms with E-state index in [9.17, 15) is 9.90 Å². The Balaban J connectivity index is 2.30. The van der Waals surface area contributed by atoms with E-state index in [1.807, 2.05) is 0 Å². The Morgan fingerprint density at radius 3 is 2.38 bits per heavy atom. The predicted molar refractivity (Wildman–Crippen MR) is 89.2 cm³/mol. The quantitative estimate of drug-likeness (QED) is 0.792. The summed E-state index contributed by atoms with van der Waals surface area (Å²) in [5, 5.41) is 9.98. The Kier molecular flexibility index (Phi) is 4.04. The molecule has 1 heterocycles. The molecule has 0 bridgehead atoms. The summed E-state index contributed by atoms with van der Waals surface area (Å²) in [5.74, 6) is 1.47. The van der Waals surface area contributed by atoms with Crippen LogP contribution in [0.4, 0.5) is 0 Å². The van der Waals surface area contributed by atoms with Crippen LogP contribution in [-0.2, 0) is 0 Å². The highest BCUT2D eigenvalue weighted by Crippen LogP contribution is 2.44. The van der Waals surface area contributed by atoms with Crippen LogP contribution in [-0.4, -0.2) is 26.4 Å². The van der Waals surface area contributed by atoms with Gasteiger partial charge in [-0.15, -0.1) is 0 Å². The Bertz CT molecular complexity index is 958. The summed E-state index contributed by atoms with van der Waals surface area (Å²) in [6.07, 6.45) is 0. The van der Waals surface area contributed by atoms with Crippen molar-refractivity contribution in [3.8, 4) is 34.3 Å². The third kappa shape index (κ3) is 2.42. The molecule has 0 aliphatic heterocycles. The number of ether oxygens (including phenoxy) is 3. The topological polar surface area (TPSA) is 78.1 Å². The lowest BCUT2D eigenvalue weighted by atomic mass is 10.1. The minimum absolute atomic E-state index is 0.118. The van der Waals surface area contributed by atoms with E-state index >= 15 is 0 Å². The van der Waals surface area contributed by atoms with Gasteiger partial charge in [0.15, 0.2) is 16.9 Å². The van der Waals surface area contributed by atoms with Crippen LogP contribution in [0.5, 0.6) is 23.0 Å². The van der Waals surface area contributed by atoms with Gasteiger partial charge in [0.25, 0.3) is 0 Å². The number of hydrogen-bond acceptors (Lipinski definition) is 6. The molecule has 6 nitrogen and oxygen atoms in total. The molecule has 6 heteroatoms. The fourth-order valence-electron chi connectivity index (χ4n) is 2.62. The molecule has 0 atom stereocenters. The summed E-state index contributed by atoms with van der Waals surface area (Å²) in [6, 6.07) is 9.39. The summed E-state index contributed by atoms with van der Waals surface area (Å²) in [5.41, 5.74) is 0.480. The summed E-state index contributed by atoms with van der Waals surface area (Å²) < 4.78 is 21.8. The molecule has 124 valence electrons. The van der Waals surface area contributed by atoms with Gasteiger partial charge in [-0.1, -0.05) is 6.07 Å². The molecular weight excluding hydrogens is 312 g/mol. The van der Waals surface area contributed by atoms with Crippen molar-refractivity contribution < 1.29 is 23.7 Å². The van der Waals surface area contributed by atoms with Crippen molar-refractivity contribution >= 4 is 11.0 Å². The predicted octanol–water partition coefficient (Wildman–Crippen LogP) is 3.19. The van der Waals surface area contributed by atoms with Gasteiger partial charge < -0.3 is 23.7 Å². The molecular formula is C18H16O6. The van der Waals surface area contributed by atoms with Gasteiger partial charge in [-0.25, -0.2) is 0 Å². The molecule has 0 radical (unpaired) electrons. The molecule has 0 amide bonds. The molecule has 0 saturated heterocycles. The van der Waals surface area contributed by atoms with Gasteiger partial charge in [-0.05, 0) is 24.3 Å². The Morgan fingerprint density at radius 1 is 0.958 bits per heavy atom. The van der Waals surface area contributed by atoms with Crippen LogP contribution < -0.4 is 19.6 Å². The normalized spacial score (nSPS) is 10.6. The van der Waals surface area contributed by atoms with E-state index < -0.39 is 0 Å². The monoisotopic (exact) mass is 328 g/mol. The van der Waals surface area contributed by atoms with E-state index in [1.165, 1.54) is 33.5 Å². The second-order valence-corrected chi connectivity index (χ2v) is 5.01. The number of rotatable bonds is 4. The van der Waals surface area contributed by atoms with Gasteiger partial charge in [-0.3, -0.25) is 4.79 Å². The largest absolute Gasteiger partial charge is 0.507 e. The molecule has 3 rings (SSSR count). The third-order valence-electron chi connectivity index (χ3n) is 3.70. The average molecular weight is 328 g/mol. The lowest BCUT2D eigenvalue weighted by Gasteiger charge is -2.15. The number of hydrogen-bond donors (Lipinski definition) is 1. The van der Waals surface area contributed by atoms with Crippen molar-refractivity contribution in [1.29, 1.82) is 0 Å². The zero-order valence-corrected chi connectivity index (χ0v) is 13.5. The first-order valence-corrected chi connectivity index (χ1v) is 7.16. The van der Waals surface area contributed by atoms with Crippen LogP contribution in [0.15, 0.2) is 45.6 Å². The summed E-state index contributed by atoms with van der Waals surface area (Å²) in [7, 11) is 4.51. The average Bonchev–Trinajstić information content (AvgIpc) is 2.59. The van der Waals surface area contributed by atoms with Gasteiger partial charge in [0.2, 0.25) is 5.75 Å². The number of methoxy groups -OCH3 is 3. The number of phenolic OH excluding ortho intramolecular Hbond substituents is 1. The first kappa shape index (κ1) is 15.7. The van der Waals surface area contributed by atoms with Crippen molar-refractivity contribution in [3.05, 3.63) is 46.6 Å². The highest BCUT2D eigenvalue weighted by Gasteiger charge is 2.20. The van der Waals surface area contributed by atoms with E-state index in [0.29, 0.717) is 28.6 Å². The molecule has 0 aliphatic carbocycles. The van der Waals surface area contributed by atoms with Crippen LogP contribution in [0.1, 0.15) is 0 Å². The summed E-state index contributed by atoms with van der Waals surface area (Å²) in [4.78, 5) is 12.4. The molecule has 3 aromatic rings. The molecule has 1 aromatic heterocycles. The van der Waals surface area contributed by atoms with Crippen molar-refractivity contribution in [2.75, 3.05) is 21.3 Å². The van der Waals surface area contributed by atoms with Crippen molar-refractivity contribution in [1.82, 2.24) is 0 Å². The van der Waals surface area contributed by atoms with E-state index in [-0.39, 0.29) is 22.1 Å². The van der Waals surface area contributed by atoms with Gasteiger partial charge in [0.1, 0.15) is 22.5 Å². The first-order chi connectivity index (χ1) is 11.6. The SMILES string of the molecule is COc1ccc(-c2cc(=O)c3c(O)cccc3o2)c(OC)c1OC. The second-order valence-electron chi connectivity index (χ2n) is 5.01. The van der Waals surface area contributed by atoms with Crippen molar-refractivity contribution in [2.24, 2.45) is 0 Å². The fraction of sp³-hybridized carbons (Fsp3) is 0.167. The maximum Gasteiger partial charge on any atom is 0.204 e. The van der Waals surface area contributed by atoms with Gasteiger partial charge >= 0.3 is 0 Å². The number of phenols is 1.